The first-order valence-electron chi connectivity index (χ1n) is 5.11. The highest BCUT2D eigenvalue weighted by Gasteiger charge is 2.00. The minimum Gasteiger partial charge on any atom is -0.360 e. The average molecular weight is 237 g/mol. The van der Waals surface area contributed by atoms with Crippen LogP contribution in [-0.2, 0) is 13.1 Å². The Labute approximate surface area is 99.4 Å². The van der Waals surface area contributed by atoms with E-state index in [2.05, 4.69) is 10.5 Å². The molecule has 84 valence electrons. The standard InChI is InChI=1S/C12H13ClN2O/c1-9-5-12(16-15-9)8-14-7-10-3-2-4-11(13)6-10/h2-6,14H,7-8H2,1H3. The zero-order valence-electron chi connectivity index (χ0n) is 9.03. The van der Waals surface area contributed by atoms with Gasteiger partial charge >= 0.3 is 0 Å². The van der Waals surface area contributed by atoms with Crippen molar-refractivity contribution in [2.45, 2.75) is 20.0 Å². The van der Waals surface area contributed by atoms with E-state index in [4.69, 9.17) is 16.1 Å². The molecule has 0 bridgehead atoms. The third-order valence-corrected chi connectivity index (χ3v) is 2.43. The van der Waals surface area contributed by atoms with Crippen LogP contribution in [0.4, 0.5) is 0 Å². The minimum absolute atomic E-state index is 0.674. The normalized spacial score (nSPS) is 10.6. The van der Waals surface area contributed by atoms with Crippen molar-refractivity contribution in [2.75, 3.05) is 0 Å². The molecule has 0 atom stereocenters. The summed E-state index contributed by atoms with van der Waals surface area (Å²) in [6.07, 6.45) is 0. The lowest BCUT2D eigenvalue weighted by molar-refractivity contribution is 0.369. The van der Waals surface area contributed by atoms with Crippen LogP contribution in [0.15, 0.2) is 34.9 Å². The average Bonchev–Trinajstić information content (AvgIpc) is 2.64. The van der Waals surface area contributed by atoms with Crippen LogP contribution in [0.5, 0.6) is 0 Å². The Bertz CT molecular complexity index is 468. The molecule has 0 aliphatic carbocycles. The molecular weight excluding hydrogens is 224 g/mol. The van der Waals surface area contributed by atoms with Crippen molar-refractivity contribution in [2.24, 2.45) is 0 Å². The van der Waals surface area contributed by atoms with Crippen LogP contribution in [0.1, 0.15) is 17.0 Å². The van der Waals surface area contributed by atoms with Crippen molar-refractivity contribution in [3.63, 3.8) is 0 Å². The Kier molecular flexibility index (Phi) is 3.59. The third kappa shape index (κ3) is 3.08. The molecule has 1 N–H and O–H groups in total. The summed E-state index contributed by atoms with van der Waals surface area (Å²) in [4.78, 5) is 0. The summed E-state index contributed by atoms with van der Waals surface area (Å²) in [5.41, 5.74) is 2.06. The summed E-state index contributed by atoms with van der Waals surface area (Å²) < 4.78 is 5.09. The molecular formula is C12H13ClN2O. The van der Waals surface area contributed by atoms with Gasteiger partial charge in [-0.1, -0.05) is 28.9 Å². The summed E-state index contributed by atoms with van der Waals surface area (Å²) in [7, 11) is 0. The second-order valence-electron chi connectivity index (χ2n) is 3.67. The molecule has 3 nitrogen and oxygen atoms in total. The largest absolute Gasteiger partial charge is 0.360 e. The molecule has 1 aromatic carbocycles. The molecule has 2 rings (SSSR count). The Hall–Kier alpha value is -1.32. The van der Waals surface area contributed by atoms with E-state index in [9.17, 15) is 0 Å². The van der Waals surface area contributed by atoms with Crippen LogP contribution in [0, 0.1) is 6.92 Å². The monoisotopic (exact) mass is 236 g/mol. The van der Waals surface area contributed by atoms with Gasteiger partial charge in [0, 0.05) is 17.6 Å². The molecule has 0 aliphatic rings. The van der Waals surface area contributed by atoms with Crippen LogP contribution in [0.25, 0.3) is 0 Å². The highest BCUT2D eigenvalue weighted by Crippen LogP contribution is 2.10. The SMILES string of the molecule is Cc1cc(CNCc2cccc(Cl)c2)on1. The first kappa shape index (κ1) is 11.2. The first-order chi connectivity index (χ1) is 7.74. The number of nitrogens with zero attached hydrogens (tertiary/aromatic N) is 1. The summed E-state index contributed by atoms with van der Waals surface area (Å²) in [5, 5.41) is 7.85. The summed E-state index contributed by atoms with van der Waals surface area (Å²) in [6, 6.07) is 9.71. The van der Waals surface area contributed by atoms with Gasteiger partial charge in [0.05, 0.1) is 12.2 Å². The van der Waals surface area contributed by atoms with Gasteiger partial charge in [-0.25, -0.2) is 0 Å². The Balaban J connectivity index is 1.84. The number of hydrogen-bond donors (Lipinski definition) is 1. The minimum atomic E-state index is 0.674. The van der Waals surface area contributed by atoms with Gasteiger partial charge in [-0.2, -0.15) is 0 Å². The smallest absolute Gasteiger partial charge is 0.150 e. The molecule has 0 aliphatic heterocycles. The highest BCUT2D eigenvalue weighted by molar-refractivity contribution is 6.30. The second kappa shape index (κ2) is 5.14. The van der Waals surface area contributed by atoms with Crippen LogP contribution >= 0.6 is 11.6 Å². The molecule has 0 saturated heterocycles. The van der Waals surface area contributed by atoms with E-state index in [1.165, 1.54) is 0 Å². The van der Waals surface area contributed by atoms with E-state index in [1.807, 2.05) is 37.3 Å². The zero-order chi connectivity index (χ0) is 11.4. The lowest BCUT2D eigenvalue weighted by atomic mass is 10.2. The third-order valence-electron chi connectivity index (χ3n) is 2.19. The van der Waals surface area contributed by atoms with E-state index in [0.29, 0.717) is 6.54 Å². The summed E-state index contributed by atoms with van der Waals surface area (Å²) in [6.45, 7) is 3.34. The van der Waals surface area contributed by atoms with E-state index in [0.717, 1.165) is 28.6 Å². The van der Waals surface area contributed by atoms with Gasteiger partial charge in [-0.05, 0) is 24.6 Å². The maximum Gasteiger partial charge on any atom is 0.150 e. The van der Waals surface area contributed by atoms with E-state index < -0.39 is 0 Å². The Morgan fingerprint density at radius 1 is 1.31 bits per heavy atom. The van der Waals surface area contributed by atoms with Crippen molar-refractivity contribution in [3.05, 3.63) is 52.4 Å². The predicted molar refractivity (Wildman–Crippen MR) is 63.2 cm³/mol. The molecule has 0 fully saturated rings. The van der Waals surface area contributed by atoms with Gasteiger partial charge < -0.3 is 9.84 Å². The lowest BCUT2D eigenvalue weighted by Crippen LogP contribution is -2.11. The van der Waals surface area contributed by atoms with Crippen molar-refractivity contribution in [1.82, 2.24) is 10.5 Å². The Morgan fingerprint density at radius 3 is 2.88 bits per heavy atom. The van der Waals surface area contributed by atoms with Crippen LogP contribution in [-0.4, -0.2) is 5.16 Å². The maximum atomic E-state index is 5.89. The predicted octanol–water partition coefficient (Wildman–Crippen LogP) is 2.93. The topological polar surface area (TPSA) is 38.1 Å². The van der Waals surface area contributed by atoms with E-state index in [-0.39, 0.29) is 0 Å². The fraction of sp³-hybridized carbons (Fsp3) is 0.250. The molecule has 4 heteroatoms. The van der Waals surface area contributed by atoms with Gasteiger partial charge in [0.1, 0.15) is 0 Å². The number of nitrogens with one attached hydrogen (secondary N) is 1. The second-order valence-corrected chi connectivity index (χ2v) is 4.10. The molecule has 0 spiro atoms. The molecule has 0 saturated carbocycles. The van der Waals surface area contributed by atoms with Crippen molar-refractivity contribution in [3.8, 4) is 0 Å². The van der Waals surface area contributed by atoms with Crippen molar-refractivity contribution < 1.29 is 4.52 Å². The number of hydrogen-bond acceptors (Lipinski definition) is 3. The van der Waals surface area contributed by atoms with Crippen LogP contribution in [0.3, 0.4) is 0 Å². The number of halogens is 1. The van der Waals surface area contributed by atoms with Crippen molar-refractivity contribution in [1.29, 1.82) is 0 Å². The van der Waals surface area contributed by atoms with Gasteiger partial charge in [-0.3, -0.25) is 0 Å². The van der Waals surface area contributed by atoms with Crippen molar-refractivity contribution >= 4 is 11.6 Å². The fourth-order valence-corrected chi connectivity index (χ4v) is 1.69. The van der Waals surface area contributed by atoms with Crippen LogP contribution < -0.4 is 5.32 Å². The molecule has 1 aromatic heterocycles. The van der Waals surface area contributed by atoms with E-state index >= 15 is 0 Å². The molecule has 2 aromatic rings. The summed E-state index contributed by atoms with van der Waals surface area (Å²) >= 11 is 5.89. The quantitative estimate of drug-likeness (QED) is 0.887. The number of benzene rings is 1. The van der Waals surface area contributed by atoms with Crippen LogP contribution in [0.2, 0.25) is 5.02 Å². The fourth-order valence-electron chi connectivity index (χ4n) is 1.48. The molecule has 0 amide bonds. The van der Waals surface area contributed by atoms with Gasteiger partial charge in [-0.15, -0.1) is 0 Å². The van der Waals surface area contributed by atoms with Gasteiger partial charge in [0.25, 0.3) is 0 Å². The number of rotatable bonds is 4. The zero-order valence-corrected chi connectivity index (χ0v) is 9.79. The molecule has 1 heterocycles. The lowest BCUT2D eigenvalue weighted by Gasteiger charge is -2.02. The van der Waals surface area contributed by atoms with E-state index in [1.54, 1.807) is 0 Å². The molecule has 0 radical (unpaired) electrons. The molecule has 16 heavy (non-hydrogen) atoms. The van der Waals surface area contributed by atoms with Gasteiger partial charge in [0.15, 0.2) is 5.76 Å². The first-order valence-corrected chi connectivity index (χ1v) is 5.49. The number of aryl methyl sites for hydroxylation is 1. The molecule has 0 unspecified atom stereocenters. The number of aromatic nitrogens is 1. The maximum absolute atomic E-state index is 5.89. The Morgan fingerprint density at radius 2 is 2.19 bits per heavy atom. The van der Waals surface area contributed by atoms with Gasteiger partial charge in [0.2, 0.25) is 0 Å². The summed E-state index contributed by atoms with van der Waals surface area (Å²) in [5.74, 6) is 0.847. The highest BCUT2D eigenvalue weighted by atomic mass is 35.5.